The van der Waals surface area contributed by atoms with Gasteiger partial charge in [-0.05, 0) is 43.6 Å². The summed E-state index contributed by atoms with van der Waals surface area (Å²) in [5.41, 5.74) is 7.22. The van der Waals surface area contributed by atoms with E-state index in [9.17, 15) is 0 Å². The van der Waals surface area contributed by atoms with Crippen LogP contribution in [-0.4, -0.2) is 11.8 Å². The molecule has 3 aliphatic rings. The average Bonchev–Trinajstić information content (AvgIpc) is 2.65. The summed E-state index contributed by atoms with van der Waals surface area (Å²) in [6.45, 7) is 8.45. The van der Waals surface area contributed by atoms with Crippen LogP contribution in [0, 0.1) is 5.92 Å². The molecular formula is C25H26N2. The summed E-state index contributed by atoms with van der Waals surface area (Å²) in [5.74, 6) is 0.407. The van der Waals surface area contributed by atoms with Gasteiger partial charge in [0.2, 0.25) is 0 Å². The molecular weight excluding hydrogens is 328 g/mol. The van der Waals surface area contributed by atoms with Gasteiger partial charge < -0.3 is 5.32 Å². The molecule has 0 radical (unpaired) electrons. The zero-order valence-electron chi connectivity index (χ0n) is 16.1. The molecule has 1 heterocycles. The second-order valence-electron chi connectivity index (χ2n) is 7.53. The summed E-state index contributed by atoms with van der Waals surface area (Å²) in [7, 11) is 0. The van der Waals surface area contributed by atoms with E-state index in [1.165, 1.54) is 28.0 Å². The molecule has 2 unspecified atom stereocenters. The van der Waals surface area contributed by atoms with Crippen LogP contribution < -0.4 is 5.32 Å². The van der Waals surface area contributed by atoms with E-state index in [4.69, 9.17) is 4.99 Å². The van der Waals surface area contributed by atoms with Gasteiger partial charge in [0.25, 0.3) is 0 Å². The second-order valence-corrected chi connectivity index (χ2v) is 7.53. The summed E-state index contributed by atoms with van der Waals surface area (Å²) < 4.78 is 0. The topological polar surface area (TPSA) is 24.4 Å². The number of nitrogens with one attached hydrogen (secondary N) is 1. The Kier molecular flexibility index (Phi) is 4.57. The molecule has 0 spiro atoms. The van der Waals surface area contributed by atoms with Crippen molar-refractivity contribution in [1.29, 1.82) is 0 Å². The third-order valence-electron chi connectivity index (χ3n) is 5.64. The lowest BCUT2D eigenvalue weighted by atomic mass is 9.62. The van der Waals surface area contributed by atoms with Crippen LogP contribution in [0.25, 0.3) is 6.08 Å². The molecule has 27 heavy (non-hydrogen) atoms. The van der Waals surface area contributed by atoms with Gasteiger partial charge in [0.05, 0.1) is 0 Å². The molecule has 4 rings (SSSR count). The minimum atomic E-state index is -0.308. The molecule has 0 aromatic heterocycles. The van der Waals surface area contributed by atoms with Crippen LogP contribution in [0.3, 0.4) is 0 Å². The van der Waals surface area contributed by atoms with Gasteiger partial charge in [-0.15, -0.1) is 0 Å². The fourth-order valence-corrected chi connectivity index (χ4v) is 4.61. The molecule has 2 aliphatic carbocycles. The number of nitrogens with zero attached hydrogens (tertiary/aromatic N) is 1. The zero-order chi connectivity index (χ0) is 18.9. The molecule has 0 fully saturated rings. The van der Waals surface area contributed by atoms with Crippen molar-refractivity contribution >= 4 is 12.3 Å². The van der Waals surface area contributed by atoms with Crippen molar-refractivity contribution in [2.75, 3.05) is 0 Å². The van der Waals surface area contributed by atoms with Crippen molar-refractivity contribution in [3.05, 3.63) is 101 Å². The highest BCUT2D eigenvalue weighted by Gasteiger charge is 2.47. The second kappa shape index (κ2) is 7.03. The van der Waals surface area contributed by atoms with E-state index in [1.807, 2.05) is 18.4 Å². The van der Waals surface area contributed by atoms with Crippen molar-refractivity contribution in [2.24, 2.45) is 10.9 Å². The van der Waals surface area contributed by atoms with Gasteiger partial charge in [0, 0.05) is 35.5 Å². The molecule has 2 bridgehead atoms. The lowest BCUT2D eigenvalue weighted by molar-refractivity contribution is 0.453. The van der Waals surface area contributed by atoms with Crippen LogP contribution in [0.5, 0.6) is 0 Å². The predicted molar refractivity (Wildman–Crippen MR) is 115 cm³/mol. The number of benzene rings is 1. The minimum Gasteiger partial charge on any atom is -0.359 e. The molecule has 0 amide bonds. The Morgan fingerprint density at radius 3 is 2.81 bits per heavy atom. The number of rotatable bonds is 3. The molecule has 2 atom stereocenters. The highest BCUT2D eigenvalue weighted by atomic mass is 15.0. The summed E-state index contributed by atoms with van der Waals surface area (Å²) >= 11 is 0. The molecule has 2 heteroatoms. The summed E-state index contributed by atoms with van der Waals surface area (Å²) in [6.07, 6.45) is 17.0. The fraction of sp³-hybridized carbons (Fsp3) is 0.240. The molecule has 2 nitrogen and oxygen atoms in total. The Hall–Kier alpha value is -2.87. The first-order valence-corrected chi connectivity index (χ1v) is 9.61. The maximum atomic E-state index is 5.16. The Balaban J connectivity index is 1.75. The molecule has 136 valence electrons. The van der Waals surface area contributed by atoms with E-state index in [2.05, 4.69) is 80.4 Å². The molecule has 1 aromatic rings. The van der Waals surface area contributed by atoms with Crippen molar-refractivity contribution in [3.63, 3.8) is 0 Å². The third-order valence-corrected chi connectivity index (χ3v) is 5.64. The van der Waals surface area contributed by atoms with Gasteiger partial charge in [0.15, 0.2) is 0 Å². The van der Waals surface area contributed by atoms with E-state index in [-0.39, 0.29) is 5.54 Å². The van der Waals surface area contributed by atoms with Crippen LogP contribution in [0.4, 0.5) is 0 Å². The monoisotopic (exact) mass is 354 g/mol. The van der Waals surface area contributed by atoms with Crippen LogP contribution in [-0.2, 0) is 0 Å². The van der Waals surface area contributed by atoms with E-state index in [0.29, 0.717) is 5.92 Å². The number of hydrogen-bond donors (Lipinski definition) is 1. The molecule has 0 saturated carbocycles. The Bertz CT molecular complexity index is 938. The van der Waals surface area contributed by atoms with E-state index < -0.39 is 0 Å². The number of hydrogen-bond acceptors (Lipinski definition) is 2. The number of allylic oxidation sites excluding steroid dienone is 5. The zero-order valence-corrected chi connectivity index (χ0v) is 16.1. The third kappa shape index (κ3) is 3.16. The minimum absolute atomic E-state index is 0.308. The quantitative estimate of drug-likeness (QED) is 0.542. The van der Waals surface area contributed by atoms with Gasteiger partial charge in [-0.25, -0.2) is 0 Å². The predicted octanol–water partition coefficient (Wildman–Crippen LogP) is 5.75. The summed E-state index contributed by atoms with van der Waals surface area (Å²) in [6, 6.07) is 10.3. The molecule has 1 aliphatic heterocycles. The van der Waals surface area contributed by atoms with Gasteiger partial charge in [0.1, 0.15) is 5.54 Å². The van der Waals surface area contributed by atoms with Crippen molar-refractivity contribution < 1.29 is 0 Å². The normalized spacial score (nSPS) is 28.7. The van der Waals surface area contributed by atoms with E-state index >= 15 is 0 Å². The maximum absolute atomic E-state index is 5.16. The fourth-order valence-electron chi connectivity index (χ4n) is 4.61. The first-order valence-electron chi connectivity index (χ1n) is 9.61. The lowest BCUT2D eigenvalue weighted by Gasteiger charge is -2.47. The van der Waals surface area contributed by atoms with Crippen LogP contribution in [0.2, 0.25) is 0 Å². The highest BCUT2D eigenvalue weighted by molar-refractivity contribution is 5.80. The Labute approximate surface area is 162 Å². The van der Waals surface area contributed by atoms with Crippen molar-refractivity contribution in [2.45, 2.75) is 32.2 Å². The van der Waals surface area contributed by atoms with Crippen LogP contribution in [0.15, 0.2) is 100 Å². The standard InChI is InChI=1S/C25H26N2/c1-4-22-21-15-18(2)17-25(22,23-13-12-19(3)27-24(23)16-21)26-14-8-11-20-9-6-5-7-10-20/h4-15,21,27H,3,16-17H2,1-2H3/b11-8+,22-4+,26-14+. The number of dihydropyridines is 1. The first kappa shape index (κ1) is 17.5. The van der Waals surface area contributed by atoms with Crippen molar-refractivity contribution in [3.8, 4) is 0 Å². The lowest BCUT2D eigenvalue weighted by Crippen LogP contribution is -2.44. The smallest absolute Gasteiger partial charge is 0.112 e. The number of aliphatic imine (C=N–C) groups is 1. The molecule has 0 saturated heterocycles. The summed E-state index contributed by atoms with van der Waals surface area (Å²) in [4.78, 5) is 5.16. The van der Waals surface area contributed by atoms with E-state index in [1.54, 1.807) is 0 Å². The van der Waals surface area contributed by atoms with Gasteiger partial charge in [-0.2, -0.15) is 0 Å². The van der Waals surface area contributed by atoms with Gasteiger partial charge in [-0.3, -0.25) is 4.99 Å². The number of fused-ring (bicyclic) bond motifs is 3. The van der Waals surface area contributed by atoms with Gasteiger partial charge >= 0.3 is 0 Å². The molecule has 1 aromatic carbocycles. The van der Waals surface area contributed by atoms with Crippen molar-refractivity contribution in [1.82, 2.24) is 5.32 Å². The largest absolute Gasteiger partial charge is 0.359 e. The summed E-state index contributed by atoms with van der Waals surface area (Å²) in [5, 5.41) is 3.50. The maximum Gasteiger partial charge on any atom is 0.112 e. The highest BCUT2D eigenvalue weighted by Crippen LogP contribution is 2.51. The Morgan fingerprint density at radius 1 is 1.22 bits per heavy atom. The SMILES string of the molecule is C=C1C=CC2=C(CC3C=C(C)CC2(/N=C/C=C/c2ccccc2)/C3=C/C)N1. The van der Waals surface area contributed by atoms with Gasteiger partial charge in [-0.1, -0.05) is 66.8 Å². The first-order chi connectivity index (χ1) is 13.1. The van der Waals surface area contributed by atoms with Crippen LogP contribution >= 0.6 is 0 Å². The van der Waals surface area contributed by atoms with Crippen LogP contribution in [0.1, 0.15) is 32.3 Å². The Morgan fingerprint density at radius 2 is 2.04 bits per heavy atom. The molecule has 1 N–H and O–H groups in total. The average molecular weight is 354 g/mol. The van der Waals surface area contributed by atoms with E-state index in [0.717, 1.165) is 18.5 Å².